The third kappa shape index (κ3) is 4.20. The van der Waals surface area contributed by atoms with Gasteiger partial charge in [0.1, 0.15) is 0 Å². The van der Waals surface area contributed by atoms with Crippen molar-refractivity contribution in [1.29, 1.82) is 0 Å². The van der Waals surface area contributed by atoms with Crippen molar-refractivity contribution < 1.29 is 84.2 Å². The quantitative estimate of drug-likeness (QED) is 0.231. The van der Waals surface area contributed by atoms with E-state index in [1.165, 1.54) is 6.92 Å². The highest BCUT2D eigenvalue weighted by Gasteiger charge is 2.95. The van der Waals surface area contributed by atoms with Crippen LogP contribution < -0.4 is 0 Å². The molecule has 0 N–H and O–H groups in total. The number of esters is 1. The molecule has 0 bridgehead atoms. The molecule has 0 atom stereocenters. The van der Waals surface area contributed by atoms with E-state index in [9.17, 15) is 79.4 Å². The zero-order valence-corrected chi connectivity index (χ0v) is 16.8. The predicted octanol–water partition coefficient (Wildman–Crippen LogP) is 7.33. The molecule has 208 valence electrons. The number of carbonyl (C=O) groups is 1. The number of carbonyl (C=O) groups excluding carboxylic acids is 1. The molecular weight excluding hydrogens is 559 g/mol. The summed E-state index contributed by atoms with van der Waals surface area (Å²) in [5.74, 6) is -58.3. The third-order valence-corrected chi connectivity index (χ3v) is 4.48. The van der Waals surface area contributed by atoms with Crippen molar-refractivity contribution in [3.63, 3.8) is 0 Å². The molecule has 0 fully saturated rings. The van der Waals surface area contributed by atoms with Gasteiger partial charge in [-0.3, -0.25) is 0 Å². The van der Waals surface area contributed by atoms with E-state index in [2.05, 4.69) is 4.74 Å². The Labute approximate surface area is 188 Å². The summed E-state index contributed by atoms with van der Waals surface area (Å²) in [7, 11) is 0. The van der Waals surface area contributed by atoms with Gasteiger partial charge in [0.2, 0.25) is 0 Å². The smallest absolute Gasteiger partial charge is 0.460 e. The molecule has 2 nitrogen and oxygen atoms in total. The Hall–Kier alpha value is -2.50. The molecule has 0 saturated carbocycles. The lowest BCUT2D eigenvalue weighted by Crippen LogP contribution is -2.74. The van der Waals surface area contributed by atoms with E-state index in [0.29, 0.717) is 0 Å². The summed E-state index contributed by atoms with van der Waals surface area (Å²) in [5, 5.41) is 0. The highest BCUT2D eigenvalue weighted by Crippen LogP contribution is 2.65. The number of hydrogen-bond acceptors (Lipinski definition) is 2. The molecule has 36 heavy (non-hydrogen) atoms. The first kappa shape index (κ1) is 31.5. The van der Waals surface area contributed by atoms with Gasteiger partial charge in [-0.2, -0.15) is 74.6 Å². The van der Waals surface area contributed by atoms with Gasteiger partial charge < -0.3 is 4.74 Å². The van der Waals surface area contributed by atoms with E-state index in [4.69, 9.17) is 0 Å². The standard InChI is InChI=1S/C17H9F17O2/c1-2-36-9(35)7-3-5-8(6-4-7)10(18,19)11(20,21)12(22,23)13(24,25)14(26,27)15(28,29)16(30,31)17(32,33)34/h3-6H,2H2,1H3. The molecule has 1 aromatic rings. The molecule has 0 aliphatic rings. The number of benzene rings is 1. The van der Waals surface area contributed by atoms with Gasteiger partial charge in [0.15, 0.2) is 0 Å². The third-order valence-electron chi connectivity index (χ3n) is 4.48. The van der Waals surface area contributed by atoms with Crippen molar-refractivity contribution >= 4 is 5.97 Å². The van der Waals surface area contributed by atoms with Crippen LogP contribution in [-0.4, -0.2) is 54.3 Å². The molecule has 0 amide bonds. The van der Waals surface area contributed by atoms with Crippen molar-refractivity contribution in [2.45, 2.75) is 54.6 Å². The van der Waals surface area contributed by atoms with Gasteiger partial charge in [-0.15, -0.1) is 0 Å². The minimum absolute atomic E-state index is 0.181. The Morgan fingerprint density at radius 1 is 0.583 bits per heavy atom. The van der Waals surface area contributed by atoms with Crippen molar-refractivity contribution in [2.75, 3.05) is 6.61 Å². The first-order valence-corrected chi connectivity index (χ1v) is 8.69. The summed E-state index contributed by atoms with van der Waals surface area (Å²) in [6.07, 6.45) is -7.81. The summed E-state index contributed by atoms with van der Waals surface area (Å²) in [5.41, 5.74) is -3.12. The first-order valence-electron chi connectivity index (χ1n) is 8.69. The zero-order valence-electron chi connectivity index (χ0n) is 16.8. The molecule has 0 radical (unpaired) electrons. The van der Waals surface area contributed by atoms with Crippen LogP contribution in [0.3, 0.4) is 0 Å². The van der Waals surface area contributed by atoms with E-state index in [0.717, 1.165) is 0 Å². The molecular formula is C17H9F17O2. The van der Waals surface area contributed by atoms with Crippen LogP contribution >= 0.6 is 0 Å². The second-order valence-corrected chi connectivity index (χ2v) is 6.82. The van der Waals surface area contributed by atoms with Crippen LogP contribution in [0.5, 0.6) is 0 Å². The molecule has 0 aliphatic carbocycles. The molecule has 1 aromatic carbocycles. The van der Waals surface area contributed by atoms with E-state index >= 15 is 0 Å². The van der Waals surface area contributed by atoms with Gasteiger partial charge >= 0.3 is 53.6 Å². The van der Waals surface area contributed by atoms with Gasteiger partial charge in [-0.1, -0.05) is 12.1 Å². The molecule has 19 heteroatoms. The fourth-order valence-electron chi connectivity index (χ4n) is 2.38. The van der Waals surface area contributed by atoms with Crippen LogP contribution in [0.25, 0.3) is 0 Å². The van der Waals surface area contributed by atoms with Gasteiger partial charge in [0, 0.05) is 5.56 Å². The Morgan fingerprint density at radius 3 is 1.25 bits per heavy atom. The summed E-state index contributed by atoms with van der Waals surface area (Å²) >= 11 is 0. The van der Waals surface area contributed by atoms with Crippen molar-refractivity contribution in [1.82, 2.24) is 0 Å². The SMILES string of the molecule is CCOC(=O)c1ccc(C(F)(F)C(F)(F)C(F)(F)C(F)(F)C(F)(F)C(F)(F)C(F)(F)C(F)(F)F)cc1. The monoisotopic (exact) mass is 568 g/mol. The topological polar surface area (TPSA) is 26.3 Å². The Bertz CT molecular complexity index is 947. The summed E-state index contributed by atoms with van der Waals surface area (Å²) < 4.78 is 230. The second kappa shape index (κ2) is 8.81. The van der Waals surface area contributed by atoms with E-state index in [1.54, 1.807) is 0 Å². The lowest BCUT2D eigenvalue weighted by atomic mass is 9.87. The molecule has 1 rings (SSSR count). The van der Waals surface area contributed by atoms with Crippen molar-refractivity contribution in [3.05, 3.63) is 35.4 Å². The van der Waals surface area contributed by atoms with E-state index in [-0.39, 0.29) is 30.9 Å². The van der Waals surface area contributed by atoms with Crippen LogP contribution in [0.1, 0.15) is 22.8 Å². The number of ether oxygens (including phenoxy) is 1. The number of rotatable bonds is 9. The average molecular weight is 568 g/mol. The fraction of sp³-hybridized carbons (Fsp3) is 0.588. The van der Waals surface area contributed by atoms with Crippen LogP contribution in [0.2, 0.25) is 0 Å². The lowest BCUT2D eigenvalue weighted by molar-refractivity contribution is -0.462. The maximum absolute atomic E-state index is 14.1. The van der Waals surface area contributed by atoms with Crippen LogP contribution in [0.4, 0.5) is 74.6 Å². The molecule has 0 spiro atoms. The van der Waals surface area contributed by atoms with Gasteiger partial charge in [-0.05, 0) is 19.1 Å². The van der Waals surface area contributed by atoms with E-state index in [1.807, 2.05) is 0 Å². The molecule has 0 unspecified atom stereocenters. The normalized spacial score (nSPS) is 15.2. The minimum atomic E-state index is -8.68. The van der Waals surface area contributed by atoms with Crippen LogP contribution in [0.15, 0.2) is 24.3 Å². The first-order chi connectivity index (χ1) is 15.7. The highest BCUT2D eigenvalue weighted by atomic mass is 19.4. The largest absolute Gasteiger partial charge is 0.462 e. The molecule has 0 aliphatic heterocycles. The van der Waals surface area contributed by atoms with E-state index < -0.39 is 64.7 Å². The zero-order chi connectivity index (χ0) is 29.0. The summed E-state index contributed by atoms with van der Waals surface area (Å²) in [4.78, 5) is 11.4. The molecule has 0 aromatic heterocycles. The number of alkyl halides is 17. The maximum Gasteiger partial charge on any atom is 0.460 e. The predicted molar refractivity (Wildman–Crippen MR) is 82.0 cm³/mol. The summed E-state index contributed by atoms with van der Waals surface area (Å²) in [6.45, 7) is 0.926. The van der Waals surface area contributed by atoms with Gasteiger partial charge in [0.05, 0.1) is 12.2 Å². The average Bonchev–Trinajstić information content (AvgIpc) is 2.72. The number of hydrogen-bond donors (Lipinski definition) is 0. The maximum atomic E-state index is 14.1. The number of halogens is 17. The highest BCUT2D eigenvalue weighted by molar-refractivity contribution is 5.89. The molecule has 0 heterocycles. The second-order valence-electron chi connectivity index (χ2n) is 6.82. The fourth-order valence-corrected chi connectivity index (χ4v) is 2.38. The van der Waals surface area contributed by atoms with Crippen LogP contribution in [-0.2, 0) is 10.7 Å². The van der Waals surface area contributed by atoms with Gasteiger partial charge in [-0.25, -0.2) is 4.79 Å². The van der Waals surface area contributed by atoms with Crippen molar-refractivity contribution in [2.24, 2.45) is 0 Å². The summed E-state index contributed by atoms with van der Waals surface area (Å²) in [6, 6.07) is -0.224. The Morgan fingerprint density at radius 2 is 0.917 bits per heavy atom. The minimum Gasteiger partial charge on any atom is -0.462 e. The van der Waals surface area contributed by atoms with Crippen molar-refractivity contribution in [3.8, 4) is 0 Å². The Kier molecular flexibility index (Phi) is 7.72. The lowest BCUT2D eigenvalue weighted by Gasteiger charge is -2.42. The van der Waals surface area contributed by atoms with Crippen LogP contribution in [0, 0.1) is 0 Å². The Balaban J connectivity index is 3.64. The van der Waals surface area contributed by atoms with Gasteiger partial charge in [0.25, 0.3) is 0 Å². The molecule has 0 saturated heterocycles.